The normalized spacial score (nSPS) is 12.3. The molecular formula is C14H12BO2. The molecule has 0 saturated heterocycles. The molecule has 0 aromatic heterocycles. The fourth-order valence-electron chi connectivity index (χ4n) is 2.03. The summed E-state index contributed by atoms with van der Waals surface area (Å²) in [6, 6.07) is 14.2. The Hall–Kier alpha value is -1.90. The second-order valence-electron chi connectivity index (χ2n) is 4.01. The topological polar surface area (TPSA) is 18.5 Å². The molecule has 0 amide bonds. The van der Waals surface area contributed by atoms with Crippen molar-refractivity contribution >= 4 is 7.69 Å². The van der Waals surface area contributed by atoms with Crippen molar-refractivity contribution in [1.29, 1.82) is 0 Å². The summed E-state index contributed by atoms with van der Waals surface area (Å²) in [7, 11) is 1.39. The third-order valence-corrected chi connectivity index (χ3v) is 2.98. The van der Waals surface area contributed by atoms with Crippen molar-refractivity contribution in [3.63, 3.8) is 0 Å². The van der Waals surface area contributed by atoms with Crippen LogP contribution in [0.4, 0.5) is 0 Å². The number of rotatable bonds is 1. The van der Waals surface area contributed by atoms with E-state index in [1.165, 1.54) is 13.2 Å². The number of hydrogen-bond acceptors (Lipinski definition) is 2. The summed E-state index contributed by atoms with van der Waals surface area (Å²) in [5.74, 6) is 1.67. The fraction of sp³-hybridized carbons (Fsp3) is 0.143. The van der Waals surface area contributed by atoms with Crippen molar-refractivity contribution in [2.45, 2.75) is 13.3 Å². The number of fused-ring (bicyclic) bond motifs is 3. The van der Waals surface area contributed by atoms with Crippen LogP contribution in [0, 0.1) is 0 Å². The maximum Gasteiger partial charge on any atom is 0.658 e. The van der Waals surface area contributed by atoms with Crippen LogP contribution in [0.2, 0.25) is 0 Å². The van der Waals surface area contributed by atoms with Crippen molar-refractivity contribution in [3.05, 3.63) is 48.0 Å². The standard InChI is InChI=1S/C14H12BO2/c1-2-10-7-8-14-12(9-10)11-5-3-4-6-13(11)16-15-17-14/h3-9H,2H2,1H3. The van der Waals surface area contributed by atoms with Gasteiger partial charge in [0.15, 0.2) is 0 Å². The van der Waals surface area contributed by atoms with Gasteiger partial charge in [-0.3, -0.25) is 0 Å². The zero-order chi connectivity index (χ0) is 11.7. The summed E-state index contributed by atoms with van der Waals surface area (Å²) in [6.07, 6.45) is 1.01. The van der Waals surface area contributed by atoms with Gasteiger partial charge in [-0.05, 0) is 30.2 Å². The lowest BCUT2D eigenvalue weighted by Crippen LogP contribution is -2.08. The molecule has 1 heterocycles. The first-order chi connectivity index (χ1) is 8.38. The molecule has 3 rings (SSSR count). The quantitative estimate of drug-likeness (QED) is 0.691. The Bertz CT molecular complexity index is 552. The Morgan fingerprint density at radius 3 is 2.53 bits per heavy atom. The van der Waals surface area contributed by atoms with Crippen LogP contribution in [0.25, 0.3) is 11.1 Å². The molecule has 0 fully saturated rings. The molecule has 0 spiro atoms. The Morgan fingerprint density at radius 1 is 0.941 bits per heavy atom. The van der Waals surface area contributed by atoms with Gasteiger partial charge in [-0.25, -0.2) is 0 Å². The summed E-state index contributed by atoms with van der Waals surface area (Å²) >= 11 is 0. The lowest BCUT2D eigenvalue weighted by atomic mass is 10.0. The van der Waals surface area contributed by atoms with Crippen molar-refractivity contribution in [3.8, 4) is 22.6 Å². The molecule has 0 unspecified atom stereocenters. The Kier molecular flexibility index (Phi) is 2.52. The molecule has 0 aliphatic carbocycles. The largest absolute Gasteiger partial charge is 0.658 e. The van der Waals surface area contributed by atoms with Gasteiger partial charge in [0.1, 0.15) is 11.5 Å². The van der Waals surface area contributed by atoms with Gasteiger partial charge in [0, 0.05) is 11.1 Å². The van der Waals surface area contributed by atoms with Crippen LogP contribution in [-0.2, 0) is 6.42 Å². The van der Waals surface area contributed by atoms with Gasteiger partial charge in [0.2, 0.25) is 0 Å². The van der Waals surface area contributed by atoms with E-state index >= 15 is 0 Å². The molecule has 0 bridgehead atoms. The maximum absolute atomic E-state index is 5.48. The van der Waals surface area contributed by atoms with Crippen molar-refractivity contribution in [2.24, 2.45) is 0 Å². The summed E-state index contributed by atoms with van der Waals surface area (Å²) in [5.41, 5.74) is 3.46. The van der Waals surface area contributed by atoms with Gasteiger partial charge in [0.25, 0.3) is 0 Å². The van der Waals surface area contributed by atoms with E-state index in [2.05, 4.69) is 25.1 Å². The first-order valence-electron chi connectivity index (χ1n) is 5.76. The Morgan fingerprint density at radius 2 is 1.71 bits per heavy atom. The third-order valence-electron chi connectivity index (χ3n) is 2.98. The minimum Gasteiger partial charge on any atom is -0.526 e. The van der Waals surface area contributed by atoms with Crippen LogP contribution in [0.5, 0.6) is 11.5 Å². The van der Waals surface area contributed by atoms with Crippen molar-refractivity contribution in [2.75, 3.05) is 0 Å². The Balaban J connectivity index is 2.23. The summed E-state index contributed by atoms with van der Waals surface area (Å²) in [6.45, 7) is 2.15. The molecular weight excluding hydrogens is 211 g/mol. The minimum absolute atomic E-state index is 0.833. The van der Waals surface area contributed by atoms with E-state index in [1.54, 1.807) is 0 Å². The summed E-state index contributed by atoms with van der Waals surface area (Å²) in [5, 5.41) is 0. The highest BCUT2D eigenvalue weighted by molar-refractivity contribution is 6.22. The van der Waals surface area contributed by atoms with Crippen LogP contribution in [-0.4, -0.2) is 7.69 Å². The molecule has 0 N–H and O–H groups in total. The third kappa shape index (κ3) is 1.78. The first kappa shape index (κ1) is 10.3. The molecule has 0 saturated carbocycles. The van der Waals surface area contributed by atoms with E-state index in [0.29, 0.717) is 0 Å². The van der Waals surface area contributed by atoms with Gasteiger partial charge >= 0.3 is 7.69 Å². The van der Waals surface area contributed by atoms with Gasteiger partial charge in [0.05, 0.1) is 0 Å². The van der Waals surface area contributed by atoms with Crippen LogP contribution < -0.4 is 9.31 Å². The molecule has 1 aliphatic rings. The molecule has 83 valence electrons. The first-order valence-corrected chi connectivity index (χ1v) is 5.76. The second-order valence-corrected chi connectivity index (χ2v) is 4.01. The molecule has 1 radical (unpaired) electrons. The predicted octanol–water partition coefficient (Wildman–Crippen LogP) is 3.22. The number of para-hydroxylation sites is 1. The van der Waals surface area contributed by atoms with Gasteiger partial charge < -0.3 is 9.31 Å². The fourth-order valence-corrected chi connectivity index (χ4v) is 2.03. The highest BCUT2D eigenvalue weighted by atomic mass is 16.6. The van der Waals surface area contributed by atoms with E-state index in [9.17, 15) is 0 Å². The van der Waals surface area contributed by atoms with E-state index in [1.807, 2.05) is 24.3 Å². The molecule has 1 aliphatic heterocycles. The number of benzene rings is 2. The van der Waals surface area contributed by atoms with Crippen LogP contribution in [0.15, 0.2) is 42.5 Å². The molecule has 17 heavy (non-hydrogen) atoms. The molecule has 0 atom stereocenters. The monoisotopic (exact) mass is 223 g/mol. The minimum atomic E-state index is 0.833. The molecule has 2 nitrogen and oxygen atoms in total. The van der Waals surface area contributed by atoms with Gasteiger partial charge in [-0.2, -0.15) is 0 Å². The number of hydrogen-bond donors (Lipinski definition) is 0. The maximum atomic E-state index is 5.48. The molecule has 2 aromatic carbocycles. The SMILES string of the molecule is CCc1ccc2c(c1)-c1ccccc1O[B]O2. The number of aryl methyl sites for hydroxylation is 1. The zero-order valence-electron chi connectivity index (χ0n) is 9.64. The highest BCUT2D eigenvalue weighted by Gasteiger charge is 2.17. The zero-order valence-corrected chi connectivity index (χ0v) is 9.64. The highest BCUT2D eigenvalue weighted by Crippen LogP contribution is 2.38. The van der Waals surface area contributed by atoms with Crippen LogP contribution in [0.3, 0.4) is 0 Å². The predicted molar refractivity (Wildman–Crippen MR) is 68.3 cm³/mol. The van der Waals surface area contributed by atoms with Crippen LogP contribution >= 0.6 is 0 Å². The van der Waals surface area contributed by atoms with E-state index in [-0.39, 0.29) is 0 Å². The average Bonchev–Trinajstić information content (AvgIpc) is 2.57. The van der Waals surface area contributed by atoms with Gasteiger partial charge in [-0.1, -0.05) is 31.2 Å². The lowest BCUT2D eigenvalue weighted by molar-refractivity contribution is 0.468. The lowest BCUT2D eigenvalue weighted by Gasteiger charge is -2.09. The summed E-state index contributed by atoms with van der Waals surface area (Å²) < 4.78 is 10.9. The van der Waals surface area contributed by atoms with E-state index < -0.39 is 0 Å². The van der Waals surface area contributed by atoms with Crippen LogP contribution in [0.1, 0.15) is 12.5 Å². The van der Waals surface area contributed by atoms with E-state index in [0.717, 1.165) is 29.0 Å². The summed E-state index contributed by atoms with van der Waals surface area (Å²) in [4.78, 5) is 0. The second kappa shape index (κ2) is 4.17. The Labute approximate surface area is 101 Å². The molecule has 2 aromatic rings. The van der Waals surface area contributed by atoms with Crippen molar-refractivity contribution < 1.29 is 9.31 Å². The molecule has 3 heteroatoms. The van der Waals surface area contributed by atoms with E-state index in [4.69, 9.17) is 9.31 Å². The van der Waals surface area contributed by atoms with Gasteiger partial charge in [-0.15, -0.1) is 0 Å². The smallest absolute Gasteiger partial charge is 0.526 e. The van der Waals surface area contributed by atoms with Crippen molar-refractivity contribution in [1.82, 2.24) is 0 Å². The average molecular weight is 223 g/mol.